The highest BCUT2D eigenvalue weighted by molar-refractivity contribution is 14.0. The van der Waals surface area contributed by atoms with E-state index in [0.29, 0.717) is 5.96 Å². The van der Waals surface area contributed by atoms with Crippen LogP contribution in [-0.2, 0) is 15.3 Å². The van der Waals surface area contributed by atoms with Gasteiger partial charge in [-0.3, -0.25) is 4.99 Å². The van der Waals surface area contributed by atoms with Gasteiger partial charge in [0.15, 0.2) is 15.8 Å². The lowest BCUT2D eigenvalue weighted by atomic mass is 9.64. The molecular formula is C21H27FIN3O2S. The maximum atomic E-state index is 13.8. The first-order chi connectivity index (χ1) is 13.5. The van der Waals surface area contributed by atoms with E-state index in [-0.39, 0.29) is 46.6 Å². The second-order valence-corrected chi connectivity index (χ2v) is 9.18. The predicted molar refractivity (Wildman–Crippen MR) is 125 cm³/mol. The fraction of sp³-hybridized carbons (Fsp3) is 0.381. The zero-order chi connectivity index (χ0) is 20.0. The maximum Gasteiger partial charge on any atom is 0.191 e. The van der Waals surface area contributed by atoms with Gasteiger partial charge in [-0.2, -0.15) is 0 Å². The number of guanidine groups is 1. The Bertz CT molecular complexity index is 932. The van der Waals surface area contributed by atoms with Gasteiger partial charge in [-0.05, 0) is 30.5 Å². The fourth-order valence-corrected chi connectivity index (χ4v) is 4.79. The minimum Gasteiger partial charge on any atom is -0.356 e. The van der Waals surface area contributed by atoms with Crippen molar-refractivity contribution in [3.05, 3.63) is 66.0 Å². The highest BCUT2D eigenvalue weighted by Gasteiger charge is 2.38. The van der Waals surface area contributed by atoms with Gasteiger partial charge in [0.2, 0.25) is 0 Å². The number of hydrogen-bond donors (Lipinski definition) is 2. The molecule has 1 fully saturated rings. The van der Waals surface area contributed by atoms with Gasteiger partial charge >= 0.3 is 0 Å². The second kappa shape index (κ2) is 10.4. The average molecular weight is 531 g/mol. The van der Waals surface area contributed by atoms with Crippen LogP contribution in [0.1, 0.15) is 24.8 Å². The van der Waals surface area contributed by atoms with Crippen LogP contribution >= 0.6 is 24.0 Å². The van der Waals surface area contributed by atoms with Crippen LogP contribution < -0.4 is 10.6 Å². The van der Waals surface area contributed by atoms with Crippen molar-refractivity contribution >= 4 is 39.8 Å². The minimum absolute atomic E-state index is 0. The summed E-state index contributed by atoms with van der Waals surface area (Å²) >= 11 is 0. The van der Waals surface area contributed by atoms with Crippen LogP contribution in [0.3, 0.4) is 0 Å². The van der Waals surface area contributed by atoms with Crippen LogP contribution in [0.25, 0.3) is 0 Å². The van der Waals surface area contributed by atoms with Crippen molar-refractivity contribution in [1.29, 1.82) is 0 Å². The Labute approximate surface area is 189 Å². The average Bonchev–Trinajstić information content (AvgIpc) is 2.66. The molecule has 0 heterocycles. The van der Waals surface area contributed by atoms with Crippen LogP contribution in [-0.4, -0.2) is 40.3 Å². The summed E-state index contributed by atoms with van der Waals surface area (Å²) in [7, 11) is -2.05. The Morgan fingerprint density at radius 2 is 1.72 bits per heavy atom. The Balaban J connectivity index is 0.00000300. The standard InChI is InChI=1S/C21H26FN3O2S.HI/c1-23-20(24-14-15-28(26,27)19-11-6-5-10-18(19)22)25-16-21(12-7-13-21)17-8-3-2-4-9-17;/h2-6,8-11H,7,12-16H2,1H3,(H2,23,24,25);1H. The van der Waals surface area contributed by atoms with E-state index < -0.39 is 15.7 Å². The van der Waals surface area contributed by atoms with Crippen molar-refractivity contribution in [3.63, 3.8) is 0 Å². The molecule has 0 radical (unpaired) electrons. The van der Waals surface area contributed by atoms with Crippen molar-refractivity contribution in [2.24, 2.45) is 4.99 Å². The molecule has 0 spiro atoms. The number of nitrogens with zero attached hydrogens (tertiary/aromatic N) is 1. The third-order valence-electron chi connectivity index (χ3n) is 5.35. The van der Waals surface area contributed by atoms with E-state index >= 15 is 0 Å². The molecule has 29 heavy (non-hydrogen) atoms. The number of hydrogen-bond acceptors (Lipinski definition) is 3. The molecule has 3 rings (SSSR count). The van der Waals surface area contributed by atoms with Gasteiger partial charge in [-0.1, -0.05) is 48.9 Å². The Hall–Kier alpha value is -1.68. The molecule has 1 saturated carbocycles. The molecular weight excluding hydrogens is 504 g/mol. The fourth-order valence-electron chi connectivity index (χ4n) is 3.55. The first-order valence-corrected chi connectivity index (χ1v) is 11.1. The topological polar surface area (TPSA) is 70.6 Å². The molecule has 0 aromatic heterocycles. The number of rotatable bonds is 7. The van der Waals surface area contributed by atoms with Crippen molar-refractivity contribution in [2.45, 2.75) is 29.6 Å². The Morgan fingerprint density at radius 1 is 1.07 bits per heavy atom. The minimum atomic E-state index is -3.69. The van der Waals surface area contributed by atoms with E-state index in [2.05, 4.69) is 39.9 Å². The highest BCUT2D eigenvalue weighted by atomic mass is 127. The Morgan fingerprint density at radius 3 is 2.31 bits per heavy atom. The van der Waals surface area contributed by atoms with Crippen LogP contribution in [0, 0.1) is 5.82 Å². The number of sulfone groups is 1. The summed E-state index contributed by atoms with van der Waals surface area (Å²) in [6.07, 6.45) is 3.43. The maximum absolute atomic E-state index is 13.8. The molecule has 1 aliphatic rings. The Kier molecular flexibility index (Phi) is 8.45. The smallest absolute Gasteiger partial charge is 0.191 e. The summed E-state index contributed by atoms with van der Waals surface area (Å²) in [5.41, 5.74) is 1.41. The summed E-state index contributed by atoms with van der Waals surface area (Å²) < 4.78 is 38.4. The lowest BCUT2D eigenvalue weighted by Crippen LogP contribution is -2.49. The van der Waals surface area contributed by atoms with Gasteiger partial charge < -0.3 is 10.6 Å². The van der Waals surface area contributed by atoms with Crippen LogP contribution in [0.2, 0.25) is 0 Å². The molecule has 0 bridgehead atoms. The molecule has 5 nitrogen and oxygen atoms in total. The first-order valence-electron chi connectivity index (χ1n) is 9.44. The van der Waals surface area contributed by atoms with Gasteiger partial charge in [0.1, 0.15) is 10.7 Å². The SMILES string of the molecule is CN=C(NCCS(=O)(=O)c1ccccc1F)NCC1(c2ccccc2)CCC1.I. The van der Waals surface area contributed by atoms with Gasteiger partial charge in [-0.15, -0.1) is 24.0 Å². The molecule has 0 atom stereocenters. The molecule has 2 N–H and O–H groups in total. The molecule has 0 saturated heterocycles. The van der Waals surface area contributed by atoms with E-state index in [1.54, 1.807) is 7.05 Å². The summed E-state index contributed by atoms with van der Waals surface area (Å²) in [5, 5.41) is 6.34. The van der Waals surface area contributed by atoms with Crippen LogP contribution in [0.15, 0.2) is 64.5 Å². The van der Waals surface area contributed by atoms with E-state index in [1.165, 1.54) is 30.2 Å². The number of benzene rings is 2. The van der Waals surface area contributed by atoms with E-state index in [0.717, 1.165) is 25.5 Å². The zero-order valence-corrected chi connectivity index (χ0v) is 19.5. The highest BCUT2D eigenvalue weighted by Crippen LogP contribution is 2.43. The quantitative estimate of drug-likeness (QED) is 0.326. The molecule has 1 aliphatic carbocycles. The number of aliphatic imine (C=N–C) groups is 1. The largest absolute Gasteiger partial charge is 0.356 e. The second-order valence-electron chi connectivity index (χ2n) is 7.10. The van der Waals surface area contributed by atoms with Gasteiger partial charge in [0.05, 0.1) is 5.75 Å². The number of nitrogens with one attached hydrogen (secondary N) is 2. The van der Waals surface area contributed by atoms with Gasteiger partial charge in [0.25, 0.3) is 0 Å². The van der Waals surface area contributed by atoms with Crippen molar-refractivity contribution < 1.29 is 12.8 Å². The van der Waals surface area contributed by atoms with Crippen LogP contribution in [0.4, 0.5) is 4.39 Å². The third-order valence-corrected chi connectivity index (χ3v) is 7.09. The van der Waals surface area contributed by atoms with E-state index in [4.69, 9.17) is 0 Å². The molecule has 2 aromatic carbocycles. The monoisotopic (exact) mass is 531 g/mol. The third kappa shape index (κ3) is 5.69. The van der Waals surface area contributed by atoms with Crippen molar-refractivity contribution in [1.82, 2.24) is 10.6 Å². The van der Waals surface area contributed by atoms with Crippen LogP contribution in [0.5, 0.6) is 0 Å². The number of halogens is 2. The van der Waals surface area contributed by atoms with Crippen molar-refractivity contribution in [3.8, 4) is 0 Å². The van der Waals surface area contributed by atoms with Gasteiger partial charge in [0, 0.05) is 25.6 Å². The lowest BCUT2D eigenvalue weighted by Gasteiger charge is -2.43. The molecule has 8 heteroatoms. The summed E-state index contributed by atoms with van der Waals surface area (Å²) in [6, 6.07) is 15.9. The molecule has 2 aromatic rings. The lowest BCUT2D eigenvalue weighted by molar-refractivity contribution is 0.244. The summed E-state index contributed by atoms with van der Waals surface area (Å²) in [6.45, 7) is 0.880. The normalized spacial score (nSPS) is 15.7. The van der Waals surface area contributed by atoms with Crippen molar-refractivity contribution in [2.75, 3.05) is 25.9 Å². The first kappa shape index (κ1) is 23.6. The van der Waals surface area contributed by atoms with E-state index in [1.807, 2.05) is 6.07 Å². The zero-order valence-electron chi connectivity index (χ0n) is 16.4. The van der Waals surface area contributed by atoms with Gasteiger partial charge in [-0.25, -0.2) is 12.8 Å². The summed E-state index contributed by atoms with van der Waals surface area (Å²) in [4.78, 5) is 3.91. The molecule has 0 unspecified atom stereocenters. The predicted octanol–water partition coefficient (Wildman–Crippen LogP) is 3.50. The molecule has 158 valence electrons. The molecule has 0 aliphatic heterocycles. The van der Waals surface area contributed by atoms with E-state index in [9.17, 15) is 12.8 Å². The summed E-state index contributed by atoms with van der Waals surface area (Å²) in [5.74, 6) is -0.385. The molecule has 0 amide bonds.